The van der Waals surface area contributed by atoms with E-state index in [9.17, 15) is 0 Å². The van der Waals surface area contributed by atoms with Crippen molar-refractivity contribution in [1.82, 2.24) is 0 Å². The zero-order valence-electron chi connectivity index (χ0n) is 9.09. The van der Waals surface area contributed by atoms with Gasteiger partial charge in [0.25, 0.3) is 0 Å². The Morgan fingerprint density at radius 2 is 1.77 bits per heavy atom. The van der Waals surface area contributed by atoms with Crippen molar-refractivity contribution in [2.24, 2.45) is 28.5 Å². The van der Waals surface area contributed by atoms with Gasteiger partial charge in [-0.1, -0.05) is 13.8 Å². The highest BCUT2D eigenvalue weighted by atomic mass is 14.8. The number of hydrogen-bond donors (Lipinski definition) is 1. The molecule has 0 heterocycles. The summed E-state index contributed by atoms with van der Waals surface area (Å²) in [5.74, 6) is 3.18. The van der Waals surface area contributed by atoms with Crippen molar-refractivity contribution in [3.63, 3.8) is 0 Å². The van der Waals surface area contributed by atoms with Gasteiger partial charge in [0.15, 0.2) is 0 Å². The van der Waals surface area contributed by atoms with E-state index in [1.54, 1.807) is 7.05 Å². The maximum Gasteiger partial charge on any atom is 0.0964 e. The molecule has 0 aliphatic heterocycles. The van der Waals surface area contributed by atoms with Gasteiger partial charge in [-0.25, -0.2) is 0 Å². The van der Waals surface area contributed by atoms with Crippen molar-refractivity contribution in [3.05, 3.63) is 0 Å². The van der Waals surface area contributed by atoms with Gasteiger partial charge in [-0.3, -0.25) is 4.99 Å². The molecule has 2 heteroatoms. The van der Waals surface area contributed by atoms with Gasteiger partial charge in [-0.15, -0.1) is 0 Å². The van der Waals surface area contributed by atoms with E-state index in [0.29, 0.717) is 5.92 Å². The number of amidine groups is 1. The Morgan fingerprint density at radius 3 is 2.15 bits per heavy atom. The van der Waals surface area contributed by atoms with Crippen LogP contribution in [0.1, 0.15) is 39.5 Å². The molecule has 1 fully saturated rings. The first-order chi connectivity index (χ1) is 6.15. The smallest absolute Gasteiger partial charge is 0.0964 e. The van der Waals surface area contributed by atoms with E-state index >= 15 is 0 Å². The SMILES string of the molecule is CN=C(N)C1CCC(C(C)C)CC1. The largest absolute Gasteiger partial charge is 0.387 e. The van der Waals surface area contributed by atoms with Crippen LogP contribution < -0.4 is 5.73 Å². The van der Waals surface area contributed by atoms with E-state index in [0.717, 1.165) is 17.7 Å². The highest BCUT2D eigenvalue weighted by Crippen LogP contribution is 2.33. The minimum absolute atomic E-state index is 0.569. The van der Waals surface area contributed by atoms with Crippen LogP contribution in [0.3, 0.4) is 0 Å². The Bertz CT molecular complexity index is 177. The molecular weight excluding hydrogens is 160 g/mol. The Balaban J connectivity index is 2.39. The summed E-state index contributed by atoms with van der Waals surface area (Å²) in [6.45, 7) is 4.64. The van der Waals surface area contributed by atoms with E-state index in [-0.39, 0.29) is 0 Å². The Hall–Kier alpha value is -0.530. The molecule has 13 heavy (non-hydrogen) atoms. The van der Waals surface area contributed by atoms with E-state index in [1.807, 2.05) is 0 Å². The van der Waals surface area contributed by atoms with Crippen LogP contribution in [0.25, 0.3) is 0 Å². The number of nitrogens with two attached hydrogens (primary N) is 1. The summed E-state index contributed by atoms with van der Waals surface area (Å²) >= 11 is 0. The first-order valence-electron chi connectivity index (χ1n) is 5.37. The second-order valence-corrected chi connectivity index (χ2v) is 4.50. The molecule has 0 radical (unpaired) electrons. The maximum absolute atomic E-state index is 5.82. The van der Waals surface area contributed by atoms with Crippen molar-refractivity contribution in [2.45, 2.75) is 39.5 Å². The van der Waals surface area contributed by atoms with Gasteiger partial charge in [0.2, 0.25) is 0 Å². The fourth-order valence-corrected chi connectivity index (χ4v) is 2.26. The van der Waals surface area contributed by atoms with E-state index < -0.39 is 0 Å². The van der Waals surface area contributed by atoms with Gasteiger partial charge >= 0.3 is 0 Å². The number of hydrogen-bond acceptors (Lipinski definition) is 1. The van der Waals surface area contributed by atoms with Crippen LogP contribution in [-0.4, -0.2) is 12.9 Å². The molecule has 0 aromatic rings. The van der Waals surface area contributed by atoms with Crippen LogP contribution in [0.2, 0.25) is 0 Å². The maximum atomic E-state index is 5.82. The lowest BCUT2D eigenvalue weighted by atomic mass is 9.76. The third-order valence-corrected chi connectivity index (χ3v) is 3.39. The lowest BCUT2D eigenvalue weighted by molar-refractivity contribution is 0.255. The second kappa shape index (κ2) is 4.64. The third kappa shape index (κ3) is 2.71. The monoisotopic (exact) mass is 182 g/mol. The van der Waals surface area contributed by atoms with Crippen LogP contribution in [0.5, 0.6) is 0 Å². The van der Waals surface area contributed by atoms with Crippen LogP contribution in [0.4, 0.5) is 0 Å². The summed E-state index contributed by atoms with van der Waals surface area (Å²) < 4.78 is 0. The Kier molecular flexibility index (Phi) is 3.76. The van der Waals surface area contributed by atoms with E-state index in [4.69, 9.17) is 5.73 Å². The van der Waals surface area contributed by atoms with Gasteiger partial charge in [-0.2, -0.15) is 0 Å². The fourth-order valence-electron chi connectivity index (χ4n) is 2.26. The molecule has 0 spiro atoms. The van der Waals surface area contributed by atoms with Crippen LogP contribution in [-0.2, 0) is 0 Å². The van der Waals surface area contributed by atoms with Crippen molar-refractivity contribution in [3.8, 4) is 0 Å². The second-order valence-electron chi connectivity index (χ2n) is 4.50. The molecule has 0 saturated heterocycles. The molecular formula is C11H22N2. The van der Waals surface area contributed by atoms with Crippen LogP contribution in [0.15, 0.2) is 4.99 Å². The van der Waals surface area contributed by atoms with Crippen molar-refractivity contribution in [2.75, 3.05) is 7.05 Å². The molecule has 1 rings (SSSR count). The van der Waals surface area contributed by atoms with Gasteiger partial charge in [0.1, 0.15) is 0 Å². The first kappa shape index (κ1) is 10.6. The lowest BCUT2D eigenvalue weighted by Gasteiger charge is -2.30. The summed E-state index contributed by atoms with van der Waals surface area (Å²) in [6.07, 6.45) is 5.15. The molecule has 1 saturated carbocycles. The van der Waals surface area contributed by atoms with Crippen molar-refractivity contribution >= 4 is 5.84 Å². The zero-order chi connectivity index (χ0) is 9.84. The molecule has 0 bridgehead atoms. The molecule has 0 aromatic heterocycles. The fraction of sp³-hybridized carbons (Fsp3) is 0.909. The quantitative estimate of drug-likeness (QED) is 0.517. The molecule has 76 valence electrons. The molecule has 0 aromatic carbocycles. The van der Waals surface area contributed by atoms with Crippen LogP contribution >= 0.6 is 0 Å². The van der Waals surface area contributed by atoms with Gasteiger partial charge in [-0.05, 0) is 37.5 Å². The van der Waals surface area contributed by atoms with Gasteiger partial charge in [0, 0.05) is 13.0 Å². The lowest BCUT2D eigenvalue weighted by Crippen LogP contribution is -2.29. The predicted octanol–water partition coefficient (Wildman–Crippen LogP) is 2.44. The summed E-state index contributed by atoms with van der Waals surface area (Å²) in [4.78, 5) is 4.08. The highest BCUT2D eigenvalue weighted by Gasteiger charge is 2.24. The Morgan fingerprint density at radius 1 is 1.23 bits per heavy atom. The minimum Gasteiger partial charge on any atom is -0.387 e. The standard InChI is InChI=1S/C11H22N2/c1-8(2)9-4-6-10(7-5-9)11(12)13-3/h8-10H,4-7H2,1-3H3,(H2,12,13). The summed E-state index contributed by atoms with van der Waals surface area (Å²) in [5, 5.41) is 0. The average molecular weight is 182 g/mol. The molecule has 1 aliphatic rings. The highest BCUT2D eigenvalue weighted by molar-refractivity contribution is 5.82. The van der Waals surface area contributed by atoms with Gasteiger partial charge in [0.05, 0.1) is 5.84 Å². The average Bonchev–Trinajstić information content (AvgIpc) is 2.17. The molecule has 0 atom stereocenters. The number of aliphatic imine (C=N–C) groups is 1. The van der Waals surface area contributed by atoms with E-state index in [1.165, 1.54) is 25.7 Å². The predicted molar refractivity (Wildman–Crippen MR) is 57.8 cm³/mol. The van der Waals surface area contributed by atoms with Crippen LogP contribution in [0, 0.1) is 17.8 Å². The van der Waals surface area contributed by atoms with E-state index in [2.05, 4.69) is 18.8 Å². The summed E-state index contributed by atoms with van der Waals surface area (Å²) in [7, 11) is 1.80. The Labute approximate surface area is 81.6 Å². The summed E-state index contributed by atoms with van der Waals surface area (Å²) in [5.41, 5.74) is 5.82. The molecule has 2 N–H and O–H groups in total. The zero-order valence-corrected chi connectivity index (χ0v) is 9.09. The molecule has 2 nitrogen and oxygen atoms in total. The van der Waals surface area contributed by atoms with Gasteiger partial charge < -0.3 is 5.73 Å². The molecule has 0 unspecified atom stereocenters. The summed E-state index contributed by atoms with van der Waals surface area (Å²) in [6, 6.07) is 0. The number of nitrogens with zero attached hydrogens (tertiary/aromatic N) is 1. The third-order valence-electron chi connectivity index (χ3n) is 3.39. The first-order valence-corrected chi connectivity index (χ1v) is 5.37. The topological polar surface area (TPSA) is 38.4 Å². The minimum atomic E-state index is 0.569. The molecule has 1 aliphatic carbocycles. The van der Waals surface area contributed by atoms with Crippen molar-refractivity contribution in [1.29, 1.82) is 0 Å². The number of rotatable bonds is 2. The molecule has 0 amide bonds. The van der Waals surface area contributed by atoms with Crippen molar-refractivity contribution < 1.29 is 0 Å². The normalized spacial score (nSPS) is 30.9.